The van der Waals surface area contributed by atoms with Crippen molar-refractivity contribution in [3.05, 3.63) is 51.8 Å². The first kappa shape index (κ1) is 11.9. The minimum absolute atomic E-state index is 0.105. The molecule has 0 unspecified atom stereocenters. The van der Waals surface area contributed by atoms with Crippen molar-refractivity contribution in [2.45, 2.75) is 13.2 Å². The Labute approximate surface area is 111 Å². The molecular weight excluding hydrogens is 268 g/mol. The van der Waals surface area contributed by atoms with Gasteiger partial charge in [-0.1, -0.05) is 0 Å². The van der Waals surface area contributed by atoms with E-state index in [9.17, 15) is 4.79 Å². The Kier molecular flexibility index (Phi) is 3.06. The maximum atomic E-state index is 11.6. The fourth-order valence-corrected chi connectivity index (χ4v) is 2.34. The van der Waals surface area contributed by atoms with Crippen molar-refractivity contribution < 1.29 is 14.3 Å². The number of imidazole rings is 1. The van der Waals surface area contributed by atoms with E-state index in [2.05, 4.69) is 4.98 Å². The molecule has 3 aromatic heterocycles. The lowest BCUT2D eigenvalue weighted by molar-refractivity contribution is 0.235. The summed E-state index contributed by atoms with van der Waals surface area (Å²) in [6.45, 7) is -0.121. The van der Waals surface area contributed by atoms with Crippen LogP contribution >= 0.6 is 11.3 Å². The van der Waals surface area contributed by atoms with E-state index in [4.69, 9.17) is 14.3 Å². The second kappa shape index (κ2) is 4.87. The molecular formula is C12H10N2O4S. The second-order valence-corrected chi connectivity index (χ2v) is 4.72. The van der Waals surface area contributed by atoms with Crippen LogP contribution in [0.3, 0.4) is 0 Å². The van der Waals surface area contributed by atoms with E-state index in [1.54, 1.807) is 0 Å². The molecule has 0 fully saturated rings. The van der Waals surface area contributed by atoms with Crippen molar-refractivity contribution in [1.82, 2.24) is 9.38 Å². The van der Waals surface area contributed by atoms with Crippen LogP contribution < -0.4 is 10.2 Å². The quantitative estimate of drug-likeness (QED) is 0.781. The van der Waals surface area contributed by atoms with Gasteiger partial charge in [0.15, 0.2) is 4.96 Å². The minimum Gasteiger partial charge on any atom is -0.480 e. The molecule has 0 saturated heterocycles. The van der Waals surface area contributed by atoms with Gasteiger partial charge in [-0.15, -0.1) is 11.3 Å². The highest BCUT2D eigenvalue weighted by atomic mass is 32.1. The molecule has 0 saturated carbocycles. The molecule has 19 heavy (non-hydrogen) atoms. The number of nitrogens with zero attached hydrogens (tertiary/aromatic N) is 2. The smallest absolute Gasteiger partial charge is 0.227 e. The Balaban J connectivity index is 1.75. The molecule has 3 rings (SSSR count). The molecule has 0 aromatic carbocycles. The first-order chi connectivity index (χ1) is 9.26. The maximum absolute atomic E-state index is 11.6. The van der Waals surface area contributed by atoms with Gasteiger partial charge in [0.25, 0.3) is 0 Å². The zero-order valence-corrected chi connectivity index (χ0v) is 10.6. The number of hydrogen-bond donors (Lipinski definition) is 1. The topological polar surface area (TPSA) is 77.0 Å². The fourth-order valence-electron chi connectivity index (χ4n) is 1.62. The maximum Gasteiger partial charge on any atom is 0.227 e. The van der Waals surface area contributed by atoms with Gasteiger partial charge in [0, 0.05) is 23.8 Å². The van der Waals surface area contributed by atoms with E-state index < -0.39 is 0 Å². The first-order valence-corrected chi connectivity index (χ1v) is 6.40. The summed E-state index contributed by atoms with van der Waals surface area (Å²) in [5.41, 5.74) is 0.411. The van der Waals surface area contributed by atoms with Gasteiger partial charge < -0.3 is 14.3 Å². The van der Waals surface area contributed by atoms with E-state index in [1.807, 2.05) is 22.2 Å². The van der Waals surface area contributed by atoms with E-state index in [1.165, 1.54) is 23.7 Å². The molecule has 0 radical (unpaired) electrons. The van der Waals surface area contributed by atoms with Crippen LogP contribution in [-0.2, 0) is 13.2 Å². The van der Waals surface area contributed by atoms with E-state index in [-0.39, 0.29) is 30.2 Å². The molecule has 0 bridgehead atoms. The number of aromatic nitrogens is 2. The van der Waals surface area contributed by atoms with Crippen LogP contribution in [0.4, 0.5) is 0 Å². The van der Waals surface area contributed by atoms with Crippen LogP contribution in [0.5, 0.6) is 5.75 Å². The summed E-state index contributed by atoms with van der Waals surface area (Å²) in [5.74, 6) is 0.313. The highest BCUT2D eigenvalue weighted by Crippen LogP contribution is 2.13. The summed E-state index contributed by atoms with van der Waals surface area (Å²) in [6.07, 6.45) is 4.95. The molecule has 98 valence electrons. The molecule has 0 aliphatic heterocycles. The van der Waals surface area contributed by atoms with E-state index in [0.29, 0.717) is 0 Å². The molecule has 0 aliphatic rings. The summed E-state index contributed by atoms with van der Waals surface area (Å²) in [4.78, 5) is 16.8. The van der Waals surface area contributed by atoms with E-state index >= 15 is 0 Å². The number of fused-ring (bicyclic) bond motifs is 1. The van der Waals surface area contributed by atoms with Crippen LogP contribution in [0, 0.1) is 0 Å². The second-order valence-electron chi connectivity index (χ2n) is 3.85. The third-order valence-corrected chi connectivity index (χ3v) is 3.30. The summed E-state index contributed by atoms with van der Waals surface area (Å²) >= 11 is 1.53. The van der Waals surface area contributed by atoms with Crippen molar-refractivity contribution in [3.63, 3.8) is 0 Å². The zero-order valence-electron chi connectivity index (χ0n) is 9.78. The largest absolute Gasteiger partial charge is 0.480 e. The Bertz CT molecular complexity index is 730. The summed E-state index contributed by atoms with van der Waals surface area (Å²) in [6, 6.07) is 1.21. The number of aliphatic hydroxyl groups excluding tert-OH is 1. The molecule has 0 amide bonds. The van der Waals surface area contributed by atoms with Gasteiger partial charge in [0.05, 0.1) is 5.69 Å². The fraction of sp³-hybridized carbons (Fsp3) is 0.167. The Morgan fingerprint density at radius 2 is 2.42 bits per heavy atom. The van der Waals surface area contributed by atoms with Gasteiger partial charge >= 0.3 is 0 Å². The lowest BCUT2D eigenvalue weighted by Gasteiger charge is -2.02. The third-order valence-electron chi connectivity index (χ3n) is 2.53. The Hall–Kier alpha value is -2.12. The molecule has 7 heteroatoms. The predicted molar refractivity (Wildman–Crippen MR) is 68.3 cm³/mol. The van der Waals surface area contributed by atoms with Gasteiger partial charge in [-0.05, 0) is 0 Å². The summed E-state index contributed by atoms with van der Waals surface area (Å²) < 4.78 is 12.3. The molecule has 1 N–H and O–H groups in total. The number of hydrogen-bond acceptors (Lipinski definition) is 6. The van der Waals surface area contributed by atoms with Crippen LogP contribution in [0.15, 0.2) is 39.3 Å². The average molecular weight is 278 g/mol. The minimum atomic E-state index is -0.323. The first-order valence-electron chi connectivity index (χ1n) is 5.53. The van der Waals surface area contributed by atoms with Crippen LogP contribution in [0.25, 0.3) is 4.96 Å². The van der Waals surface area contributed by atoms with Gasteiger partial charge in [0.2, 0.25) is 11.2 Å². The summed E-state index contributed by atoms with van der Waals surface area (Å²) in [7, 11) is 0. The normalized spacial score (nSPS) is 11.0. The molecule has 0 aliphatic carbocycles. The van der Waals surface area contributed by atoms with Gasteiger partial charge in [0.1, 0.15) is 25.2 Å². The SMILES string of the molecule is O=c1cc(CO)occ1OCc1cn2ccsc2n1. The Morgan fingerprint density at radius 3 is 3.16 bits per heavy atom. The van der Waals surface area contributed by atoms with Crippen LogP contribution in [0.1, 0.15) is 11.5 Å². The van der Waals surface area contributed by atoms with Gasteiger partial charge in [-0.3, -0.25) is 9.20 Å². The lowest BCUT2D eigenvalue weighted by atomic mass is 10.4. The standard InChI is InChI=1S/C12H10N2O4S/c15-5-9-3-10(16)11(7-17-9)18-6-8-4-14-1-2-19-12(14)13-8/h1-4,7,15H,5-6H2. The van der Waals surface area contributed by atoms with Crippen molar-refractivity contribution in [1.29, 1.82) is 0 Å². The zero-order chi connectivity index (χ0) is 13.2. The van der Waals surface area contributed by atoms with Crippen molar-refractivity contribution in [3.8, 4) is 5.75 Å². The monoisotopic (exact) mass is 278 g/mol. The van der Waals surface area contributed by atoms with Crippen LogP contribution in [0.2, 0.25) is 0 Å². The van der Waals surface area contributed by atoms with Crippen LogP contribution in [-0.4, -0.2) is 14.5 Å². The molecule has 0 spiro atoms. The average Bonchev–Trinajstić information content (AvgIpc) is 2.98. The molecule has 0 atom stereocenters. The molecule has 6 nitrogen and oxygen atoms in total. The van der Waals surface area contributed by atoms with Crippen molar-refractivity contribution in [2.75, 3.05) is 0 Å². The van der Waals surface area contributed by atoms with Crippen molar-refractivity contribution in [2.24, 2.45) is 0 Å². The third kappa shape index (κ3) is 2.38. The van der Waals surface area contributed by atoms with Gasteiger partial charge in [-0.25, -0.2) is 4.98 Å². The lowest BCUT2D eigenvalue weighted by Crippen LogP contribution is -2.08. The number of rotatable bonds is 4. The highest BCUT2D eigenvalue weighted by Gasteiger charge is 2.07. The predicted octanol–water partition coefficient (Wildman–Crippen LogP) is 1.42. The highest BCUT2D eigenvalue weighted by molar-refractivity contribution is 7.15. The molecule has 3 aromatic rings. The van der Waals surface area contributed by atoms with Gasteiger partial charge in [-0.2, -0.15) is 0 Å². The summed E-state index contributed by atoms with van der Waals surface area (Å²) in [5, 5.41) is 10.8. The Morgan fingerprint density at radius 1 is 1.53 bits per heavy atom. The number of ether oxygens (including phenoxy) is 1. The van der Waals surface area contributed by atoms with E-state index in [0.717, 1.165) is 10.7 Å². The number of thiazole rings is 1. The molecule has 3 heterocycles. The number of aliphatic hydroxyl groups is 1. The van der Waals surface area contributed by atoms with Crippen molar-refractivity contribution >= 4 is 16.3 Å².